The number of carbonyl (C=O) groups excluding carboxylic acids is 2. The summed E-state index contributed by atoms with van der Waals surface area (Å²) in [6.45, 7) is 8.28. The molecule has 9 atom stereocenters. The molecule has 0 amide bonds. The number of alkyl halides is 1. The molecule has 4 fully saturated rings. The van der Waals surface area contributed by atoms with Gasteiger partial charge in [-0.3, -0.25) is 9.59 Å². The van der Waals surface area contributed by atoms with Crippen molar-refractivity contribution in [1.82, 2.24) is 0 Å². The van der Waals surface area contributed by atoms with E-state index < -0.39 is 0 Å². The molecule has 0 bridgehead atoms. The lowest BCUT2D eigenvalue weighted by molar-refractivity contribution is -0.159. The van der Waals surface area contributed by atoms with Crippen LogP contribution in [0, 0.1) is 40.4 Å². The predicted molar refractivity (Wildman–Crippen MR) is 110 cm³/mol. The molecule has 4 rings (SSSR count). The van der Waals surface area contributed by atoms with Crippen molar-refractivity contribution >= 4 is 27.7 Å². The zero-order valence-corrected chi connectivity index (χ0v) is 18.9. The molecular weight excluding hydrogens is 404 g/mol. The number of carbonyl (C=O) groups is 2. The highest BCUT2D eigenvalue weighted by molar-refractivity contribution is 9.09. The van der Waals surface area contributed by atoms with E-state index in [0.29, 0.717) is 17.1 Å². The normalized spacial score (nSPS) is 51.7. The van der Waals surface area contributed by atoms with Crippen LogP contribution in [0.1, 0.15) is 79.1 Å². The summed E-state index contributed by atoms with van der Waals surface area (Å²) in [6.07, 6.45) is 9.54. The van der Waals surface area contributed by atoms with Crippen molar-refractivity contribution < 1.29 is 14.3 Å². The molecule has 27 heavy (non-hydrogen) atoms. The number of ether oxygens (including phenoxy) is 1. The fourth-order valence-corrected chi connectivity index (χ4v) is 9.24. The van der Waals surface area contributed by atoms with E-state index in [0.717, 1.165) is 37.0 Å². The number of halogens is 1. The molecule has 0 spiro atoms. The smallest absolute Gasteiger partial charge is 0.302 e. The molecule has 4 aliphatic carbocycles. The third-order valence-corrected chi connectivity index (χ3v) is 10.3. The number of rotatable bonds is 2. The summed E-state index contributed by atoms with van der Waals surface area (Å²) in [7, 11) is 0. The summed E-state index contributed by atoms with van der Waals surface area (Å²) >= 11 is 3.87. The molecule has 0 aliphatic heterocycles. The van der Waals surface area contributed by atoms with Crippen LogP contribution < -0.4 is 0 Å². The number of ketones is 1. The molecule has 0 saturated heterocycles. The van der Waals surface area contributed by atoms with Crippen molar-refractivity contribution in [3.05, 3.63) is 0 Å². The Morgan fingerprint density at radius 3 is 2.33 bits per heavy atom. The Bertz CT molecular complexity index is 633. The Morgan fingerprint density at radius 2 is 1.67 bits per heavy atom. The summed E-state index contributed by atoms with van der Waals surface area (Å²) in [5.41, 5.74) is 0.572. The number of hydrogen-bond donors (Lipinski definition) is 0. The number of Topliss-reactive ketones (excluding diaryl/α,β-unsaturated/α-hetero) is 1. The molecule has 0 aromatic rings. The average Bonchev–Trinajstić information content (AvgIpc) is 2.93. The van der Waals surface area contributed by atoms with E-state index in [4.69, 9.17) is 4.74 Å². The fourth-order valence-electron chi connectivity index (χ4n) is 8.22. The van der Waals surface area contributed by atoms with Crippen LogP contribution in [-0.4, -0.2) is 22.7 Å². The largest absolute Gasteiger partial charge is 0.461 e. The van der Waals surface area contributed by atoms with Gasteiger partial charge in [-0.25, -0.2) is 0 Å². The van der Waals surface area contributed by atoms with Crippen LogP contribution in [0.15, 0.2) is 0 Å². The van der Waals surface area contributed by atoms with Crippen LogP contribution in [0.25, 0.3) is 0 Å². The summed E-state index contributed by atoms with van der Waals surface area (Å²) < 4.78 is 5.64. The first-order valence-corrected chi connectivity index (χ1v) is 11.9. The summed E-state index contributed by atoms with van der Waals surface area (Å²) in [5.74, 6) is 3.47. The molecule has 0 N–H and O–H groups in total. The standard InChI is InChI=1S/C23H35BrO3/c1-13(25)17-7-8-18-16-6-5-15-11-21(27-14(2)26)20(24)12-23(15,4)19(16)9-10-22(17,18)3/h15-21H,5-12H2,1-4H3/t15-,16-,17+,18-,19-,20-,21-,22+,23-/m0/s1. The summed E-state index contributed by atoms with van der Waals surface area (Å²) in [4.78, 5) is 24.0. The second kappa shape index (κ2) is 6.85. The minimum Gasteiger partial charge on any atom is -0.461 e. The highest BCUT2D eigenvalue weighted by Crippen LogP contribution is 2.67. The van der Waals surface area contributed by atoms with Gasteiger partial charge >= 0.3 is 5.97 Å². The summed E-state index contributed by atoms with van der Waals surface area (Å²) in [6, 6.07) is 0. The lowest BCUT2D eigenvalue weighted by Gasteiger charge is -2.61. The average molecular weight is 439 g/mol. The highest BCUT2D eigenvalue weighted by Gasteiger charge is 2.61. The topological polar surface area (TPSA) is 43.4 Å². The van der Waals surface area contributed by atoms with E-state index in [1.54, 1.807) is 0 Å². The van der Waals surface area contributed by atoms with E-state index in [-0.39, 0.29) is 28.2 Å². The van der Waals surface area contributed by atoms with Crippen molar-refractivity contribution in [1.29, 1.82) is 0 Å². The molecule has 3 nitrogen and oxygen atoms in total. The van der Waals surface area contributed by atoms with Crippen LogP contribution >= 0.6 is 15.9 Å². The Balaban J connectivity index is 1.57. The Morgan fingerprint density at radius 1 is 0.963 bits per heavy atom. The molecular formula is C23H35BrO3. The van der Waals surface area contributed by atoms with Gasteiger partial charge in [-0.2, -0.15) is 0 Å². The first-order valence-electron chi connectivity index (χ1n) is 11.0. The maximum Gasteiger partial charge on any atom is 0.302 e. The van der Waals surface area contributed by atoms with Gasteiger partial charge in [0.15, 0.2) is 0 Å². The molecule has 0 heterocycles. The monoisotopic (exact) mass is 438 g/mol. The van der Waals surface area contributed by atoms with Gasteiger partial charge in [0.05, 0.1) is 4.83 Å². The minimum absolute atomic E-state index is 0.0274. The van der Waals surface area contributed by atoms with E-state index in [1.165, 1.54) is 39.0 Å². The van der Waals surface area contributed by atoms with E-state index in [1.807, 2.05) is 6.92 Å². The SMILES string of the molecule is CC(=O)O[C@H]1C[C@@H]2CC[C@@H]3[C@H](CC[C@]4(C)[C@@H](C(C)=O)CC[C@@H]34)[C@@]2(C)C[C@@H]1Br. The van der Waals surface area contributed by atoms with Crippen molar-refractivity contribution in [2.75, 3.05) is 0 Å². The molecule has 152 valence electrons. The summed E-state index contributed by atoms with van der Waals surface area (Å²) in [5, 5.41) is 0. The third kappa shape index (κ3) is 3.04. The van der Waals surface area contributed by atoms with Crippen LogP contribution in [0.5, 0.6) is 0 Å². The maximum absolute atomic E-state index is 12.3. The molecule has 0 aromatic heterocycles. The zero-order chi connectivity index (χ0) is 19.6. The number of fused-ring (bicyclic) bond motifs is 5. The van der Waals surface area contributed by atoms with Crippen LogP contribution in [0.3, 0.4) is 0 Å². The van der Waals surface area contributed by atoms with E-state index in [2.05, 4.69) is 29.8 Å². The van der Waals surface area contributed by atoms with Gasteiger partial charge in [-0.1, -0.05) is 29.8 Å². The molecule has 0 aromatic carbocycles. The molecule has 4 heteroatoms. The minimum atomic E-state index is -0.156. The molecule has 0 radical (unpaired) electrons. The Hall–Kier alpha value is -0.380. The molecule has 0 unspecified atom stereocenters. The zero-order valence-electron chi connectivity index (χ0n) is 17.3. The number of hydrogen-bond acceptors (Lipinski definition) is 3. The lowest BCUT2D eigenvalue weighted by atomic mass is 9.44. The van der Waals surface area contributed by atoms with Crippen molar-refractivity contribution in [3.8, 4) is 0 Å². The van der Waals surface area contributed by atoms with Gasteiger partial charge < -0.3 is 4.74 Å². The van der Waals surface area contributed by atoms with Gasteiger partial charge in [-0.15, -0.1) is 0 Å². The third-order valence-electron chi connectivity index (χ3n) is 9.43. The second-order valence-corrected chi connectivity index (χ2v) is 11.7. The van der Waals surface area contributed by atoms with Crippen LogP contribution in [0.2, 0.25) is 0 Å². The Kier molecular flexibility index (Phi) is 5.05. The quantitative estimate of drug-likeness (QED) is 0.419. The van der Waals surface area contributed by atoms with Crippen molar-refractivity contribution in [2.45, 2.75) is 90.0 Å². The van der Waals surface area contributed by atoms with Crippen LogP contribution in [-0.2, 0) is 14.3 Å². The molecule has 4 aliphatic rings. The van der Waals surface area contributed by atoms with Crippen LogP contribution in [0.4, 0.5) is 0 Å². The van der Waals surface area contributed by atoms with Crippen molar-refractivity contribution in [3.63, 3.8) is 0 Å². The highest BCUT2D eigenvalue weighted by atomic mass is 79.9. The van der Waals surface area contributed by atoms with E-state index >= 15 is 0 Å². The van der Waals surface area contributed by atoms with Gasteiger partial charge in [0.2, 0.25) is 0 Å². The van der Waals surface area contributed by atoms with Gasteiger partial charge in [0.1, 0.15) is 11.9 Å². The van der Waals surface area contributed by atoms with E-state index in [9.17, 15) is 9.59 Å². The number of esters is 1. The molecule has 4 saturated carbocycles. The van der Waals surface area contributed by atoms with Gasteiger partial charge in [0.25, 0.3) is 0 Å². The van der Waals surface area contributed by atoms with Gasteiger partial charge in [0, 0.05) is 12.8 Å². The Labute approximate surface area is 172 Å². The van der Waals surface area contributed by atoms with Gasteiger partial charge in [-0.05, 0) is 92.8 Å². The fraction of sp³-hybridized carbons (Fsp3) is 0.913. The maximum atomic E-state index is 12.3. The lowest BCUT2D eigenvalue weighted by Crippen LogP contribution is -2.56. The first kappa shape index (κ1) is 19.9. The second-order valence-electron chi connectivity index (χ2n) is 10.5. The van der Waals surface area contributed by atoms with Crippen molar-refractivity contribution in [2.24, 2.45) is 40.4 Å². The first-order chi connectivity index (χ1) is 12.7. The predicted octanol–water partition coefficient (Wildman–Crippen LogP) is 5.54.